The van der Waals surface area contributed by atoms with E-state index in [4.69, 9.17) is 4.74 Å². The van der Waals surface area contributed by atoms with E-state index in [1.807, 2.05) is 31.2 Å². The quantitative estimate of drug-likeness (QED) is 0.871. The second kappa shape index (κ2) is 5.82. The van der Waals surface area contributed by atoms with E-state index in [1.165, 1.54) is 4.68 Å². The zero-order valence-corrected chi connectivity index (χ0v) is 11.6. The summed E-state index contributed by atoms with van der Waals surface area (Å²) < 4.78 is 7.90. The Morgan fingerprint density at radius 3 is 2.94 bits per heavy atom. The molecule has 0 saturated heterocycles. The molecule has 2 aromatic rings. The predicted molar refractivity (Wildman–Crippen MR) is 72.9 cm³/mol. The summed E-state index contributed by atoms with van der Waals surface area (Å²) in [7, 11) is 0. The number of hydrogen-bond acceptors (Lipinski definition) is 3. The Morgan fingerprint density at radius 2 is 2.22 bits per heavy atom. The van der Waals surface area contributed by atoms with Gasteiger partial charge in [0, 0.05) is 10.5 Å². The van der Waals surface area contributed by atoms with Crippen LogP contribution in [0.4, 0.5) is 0 Å². The molecule has 1 aromatic carbocycles. The standard InChI is InChI=1S/C13H13BrN2O2/c1-10-7-13(17)16(15-9-10)5-6-18-12-4-2-3-11(14)8-12/h2-4,7-9H,5-6H2,1H3. The number of rotatable bonds is 4. The zero-order valence-electron chi connectivity index (χ0n) is 9.97. The van der Waals surface area contributed by atoms with E-state index in [-0.39, 0.29) is 5.56 Å². The fourth-order valence-electron chi connectivity index (χ4n) is 1.50. The number of benzene rings is 1. The zero-order chi connectivity index (χ0) is 13.0. The summed E-state index contributed by atoms with van der Waals surface area (Å²) in [4.78, 5) is 11.6. The van der Waals surface area contributed by atoms with Crippen molar-refractivity contribution in [2.45, 2.75) is 13.5 Å². The van der Waals surface area contributed by atoms with Gasteiger partial charge in [0.2, 0.25) is 0 Å². The lowest BCUT2D eigenvalue weighted by molar-refractivity contribution is 0.287. The van der Waals surface area contributed by atoms with Gasteiger partial charge >= 0.3 is 0 Å². The second-order valence-electron chi connectivity index (χ2n) is 3.90. The number of aromatic nitrogens is 2. The first-order valence-electron chi connectivity index (χ1n) is 5.57. The van der Waals surface area contributed by atoms with Gasteiger partial charge in [0.25, 0.3) is 5.56 Å². The molecule has 0 bridgehead atoms. The molecule has 94 valence electrons. The van der Waals surface area contributed by atoms with Gasteiger partial charge < -0.3 is 4.74 Å². The maximum atomic E-state index is 11.6. The summed E-state index contributed by atoms with van der Waals surface area (Å²) in [5.74, 6) is 0.768. The molecular weight excluding hydrogens is 296 g/mol. The van der Waals surface area contributed by atoms with Crippen molar-refractivity contribution < 1.29 is 4.74 Å². The van der Waals surface area contributed by atoms with E-state index in [9.17, 15) is 4.79 Å². The summed E-state index contributed by atoms with van der Waals surface area (Å²) in [6.45, 7) is 2.69. The summed E-state index contributed by atoms with van der Waals surface area (Å²) in [5, 5.41) is 4.04. The second-order valence-corrected chi connectivity index (χ2v) is 4.82. The third-order valence-electron chi connectivity index (χ3n) is 2.37. The molecule has 0 aliphatic heterocycles. The van der Waals surface area contributed by atoms with Crippen LogP contribution in [-0.4, -0.2) is 16.4 Å². The Hall–Kier alpha value is -1.62. The number of aryl methyl sites for hydroxylation is 1. The van der Waals surface area contributed by atoms with Crippen molar-refractivity contribution in [2.24, 2.45) is 0 Å². The van der Waals surface area contributed by atoms with Crippen LogP contribution in [0.5, 0.6) is 5.75 Å². The van der Waals surface area contributed by atoms with Crippen molar-refractivity contribution in [2.75, 3.05) is 6.61 Å². The minimum absolute atomic E-state index is 0.104. The maximum absolute atomic E-state index is 11.6. The van der Waals surface area contributed by atoms with Crippen LogP contribution in [0.2, 0.25) is 0 Å². The highest BCUT2D eigenvalue weighted by molar-refractivity contribution is 9.10. The fraction of sp³-hybridized carbons (Fsp3) is 0.231. The molecule has 0 aliphatic rings. The Labute approximate surface area is 113 Å². The molecule has 4 nitrogen and oxygen atoms in total. The van der Waals surface area contributed by atoms with Crippen molar-refractivity contribution in [3.8, 4) is 5.75 Å². The van der Waals surface area contributed by atoms with Gasteiger partial charge in [0.05, 0.1) is 12.7 Å². The summed E-state index contributed by atoms with van der Waals surface area (Å²) in [6.07, 6.45) is 1.67. The molecule has 0 N–H and O–H groups in total. The average Bonchev–Trinajstić information content (AvgIpc) is 2.32. The predicted octanol–water partition coefficient (Wildman–Crippen LogP) is 2.39. The highest BCUT2D eigenvalue weighted by Crippen LogP contribution is 2.17. The van der Waals surface area contributed by atoms with Gasteiger partial charge in [-0.05, 0) is 30.7 Å². The van der Waals surface area contributed by atoms with E-state index in [1.54, 1.807) is 12.3 Å². The van der Waals surface area contributed by atoms with Gasteiger partial charge in [-0.2, -0.15) is 5.10 Å². The van der Waals surface area contributed by atoms with Gasteiger partial charge in [0.1, 0.15) is 12.4 Å². The first-order valence-corrected chi connectivity index (χ1v) is 6.36. The molecule has 0 unspecified atom stereocenters. The number of ether oxygens (including phenoxy) is 1. The van der Waals surface area contributed by atoms with Crippen molar-refractivity contribution in [1.82, 2.24) is 9.78 Å². The monoisotopic (exact) mass is 308 g/mol. The Balaban J connectivity index is 1.94. The van der Waals surface area contributed by atoms with Crippen LogP contribution in [0.3, 0.4) is 0 Å². The first kappa shape index (κ1) is 12.8. The van der Waals surface area contributed by atoms with Crippen molar-refractivity contribution in [1.29, 1.82) is 0 Å². The molecule has 0 saturated carbocycles. The fourth-order valence-corrected chi connectivity index (χ4v) is 1.88. The summed E-state index contributed by atoms with van der Waals surface area (Å²) >= 11 is 3.37. The van der Waals surface area contributed by atoms with Gasteiger partial charge in [-0.1, -0.05) is 22.0 Å². The van der Waals surface area contributed by atoms with E-state index >= 15 is 0 Å². The summed E-state index contributed by atoms with van der Waals surface area (Å²) in [5.41, 5.74) is 0.761. The van der Waals surface area contributed by atoms with Crippen molar-refractivity contribution >= 4 is 15.9 Å². The van der Waals surface area contributed by atoms with Crippen LogP contribution >= 0.6 is 15.9 Å². The Bertz CT molecular complexity index is 596. The highest BCUT2D eigenvalue weighted by atomic mass is 79.9. The molecule has 0 spiro atoms. The smallest absolute Gasteiger partial charge is 0.267 e. The molecule has 1 aromatic heterocycles. The minimum atomic E-state index is -0.104. The molecule has 1 heterocycles. The van der Waals surface area contributed by atoms with Gasteiger partial charge in [0.15, 0.2) is 0 Å². The van der Waals surface area contributed by atoms with Gasteiger partial charge in [-0.15, -0.1) is 0 Å². The first-order chi connectivity index (χ1) is 8.65. The largest absolute Gasteiger partial charge is 0.492 e. The van der Waals surface area contributed by atoms with Crippen LogP contribution < -0.4 is 10.3 Å². The maximum Gasteiger partial charge on any atom is 0.267 e. The molecular formula is C13H13BrN2O2. The van der Waals surface area contributed by atoms with Gasteiger partial charge in [-0.3, -0.25) is 4.79 Å². The van der Waals surface area contributed by atoms with E-state index in [2.05, 4.69) is 21.0 Å². The number of nitrogens with zero attached hydrogens (tertiary/aromatic N) is 2. The lowest BCUT2D eigenvalue weighted by Gasteiger charge is -2.07. The van der Waals surface area contributed by atoms with Crippen LogP contribution in [-0.2, 0) is 6.54 Å². The summed E-state index contributed by atoms with van der Waals surface area (Å²) in [6, 6.07) is 9.14. The lowest BCUT2D eigenvalue weighted by atomic mass is 10.3. The van der Waals surface area contributed by atoms with E-state index in [0.29, 0.717) is 13.2 Å². The molecule has 18 heavy (non-hydrogen) atoms. The van der Waals surface area contributed by atoms with Gasteiger partial charge in [-0.25, -0.2) is 4.68 Å². The normalized spacial score (nSPS) is 10.3. The molecule has 0 fully saturated rings. The van der Waals surface area contributed by atoms with E-state index in [0.717, 1.165) is 15.8 Å². The topological polar surface area (TPSA) is 44.1 Å². The molecule has 0 amide bonds. The number of hydrogen-bond donors (Lipinski definition) is 0. The van der Waals surface area contributed by atoms with Crippen molar-refractivity contribution in [3.05, 3.63) is 56.9 Å². The van der Waals surface area contributed by atoms with Crippen LogP contribution in [0.25, 0.3) is 0 Å². The lowest BCUT2D eigenvalue weighted by Crippen LogP contribution is -2.25. The highest BCUT2D eigenvalue weighted by Gasteiger charge is 1.99. The van der Waals surface area contributed by atoms with E-state index < -0.39 is 0 Å². The van der Waals surface area contributed by atoms with Crippen molar-refractivity contribution in [3.63, 3.8) is 0 Å². The average molecular weight is 309 g/mol. The molecule has 5 heteroatoms. The SMILES string of the molecule is Cc1cnn(CCOc2cccc(Br)c2)c(=O)c1. The van der Waals surface area contributed by atoms with Crippen LogP contribution in [0.15, 0.2) is 45.8 Å². The molecule has 0 aliphatic carbocycles. The number of halogens is 1. The molecule has 0 radical (unpaired) electrons. The minimum Gasteiger partial charge on any atom is -0.492 e. The third-order valence-corrected chi connectivity index (χ3v) is 2.87. The van der Waals surface area contributed by atoms with Crippen LogP contribution in [0, 0.1) is 6.92 Å². The molecule has 2 rings (SSSR count). The Kier molecular flexibility index (Phi) is 4.15. The van der Waals surface area contributed by atoms with Crippen LogP contribution in [0.1, 0.15) is 5.56 Å². The Morgan fingerprint density at radius 1 is 1.39 bits per heavy atom. The molecule has 0 atom stereocenters. The third kappa shape index (κ3) is 3.43.